The second-order valence-corrected chi connectivity index (χ2v) is 14.3. The van der Waals surface area contributed by atoms with Gasteiger partial charge in [0.2, 0.25) is 0 Å². The Morgan fingerprint density at radius 3 is 1.94 bits per heavy atom. The van der Waals surface area contributed by atoms with Crippen molar-refractivity contribution in [1.82, 2.24) is 0 Å². The summed E-state index contributed by atoms with van der Waals surface area (Å²) in [4.78, 5) is 0. The van der Waals surface area contributed by atoms with Gasteiger partial charge in [-0.2, -0.15) is 0 Å². The quantitative estimate of drug-likeness (QED) is 0.0924. The van der Waals surface area contributed by atoms with E-state index in [0.717, 1.165) is 42.5 Å². The Bertz CT molecular complexity index is 1790. The maximum Gasteiger partial charge on any atom is 0.187 e. The lowest BCUT2D eigenvalue weighted by Crippen LogP contribution is -2.61. The largest absolute Gasteiger partial charge is 0.497 e. The van der Waals surface area contributed by atoms with Crippen LogP contribution >= 0.6 is 43.5 Å². The lowest BCUT2D eigenvalue weighted by atomic mass is 9.97. The minimum Gasteiger partial charge on any atom is -0.497 e. The highest BCUT2D eigenvalue weighted by atomic mass is 79.9. The number of benzene rings is 4. The van der Waals surface area contributed by atoms with Crippen molar-refractivity contribution in [3.05, 3.63) is 169 Å². The Morgan fingerprint density at radius 1 is 0.615 bits per heavy atom. The molecule has 1 aliphatic rings. The summed E-state index contributed by atoms with van der Waals surface area (Å²) in [5, 5.41) is 0.651. The standard InChI is InChI=1S/C42H39Br2ClO7/c1-46-36-21-15-32(16-22-36)25-49-41-40(50-27-33-9-5-6-10-37(33)44)39(48-24-31-13-19-35(45)20-14-31)38(28-47-23-30-11-17-34(43)18-12-30)52-42(41)51-26-29-7-3-2-4-8-29/h2-11,13-17,19-22,38-42H,23-28H2,1H3/t38?,39-,40+,41?,42-/m1/s1. The molecule has 0 saturated carbocycles. The van der Waals surface area contributed by atoms with E-state index in [1.165, 1.54) is 0 Å². The van der Waals surface area contributed by atoms with Gasteiger partial charge < -0.3 is 33.2 Å². The monoisotopic (exact) mass is 848 g/mol. The van der Waals surface area contributed by atoms with Gasteiger partial charge in [0, 0.05) is 15.1 Å². The van der Waals surface area contributed by atoms with E-state index >= 15 is 0 Å². The minimum absolute atomic E-state index is 0.195. The van der Waals surface area contributed by atoms with E-state index in [1.54, 1.807) is 7.11 Å². The summed E-state index contributed by atoms with van der Waals surface area (Å²) in [7, 11) is 1.65. The highest BCUT2D eigenvalue weighted by molar-refractivity contribution is 9.10. The normalized spacial score (nSPS) is 20.0. The number of hydrogen-bond donors (Lipinski definition) is 0. The molecule has 10 heteroatoms. The number of methoxy groups -OCH3 is 1. The van der Waals surface area contributed by atoms with Gasteiger partial charge in [-0.05, 0) is 80.6 Å². The Morgan fingerprint density at radius 2 is 1.25 bits per heavy atom. The Hall–Kier alpha value is -3.27. The van der Waals surface area contributed by atoms with Gasteiger partial charge in [-0.25, -0.2) is 0 Å². The van der Waals surface area contributed by atoms with Crippen LogP contribution in [-0.4, -0.2) is 44.4 Å². The van der Waals surface area contributed by atoms with Crippen LogP contribution in [-0.2, 0) is 61.5 Å². The van der Waals surface area contributed by atoms with Gasteiger partial charge in [0.15, 0.2) is 6.29 Å². The average Bonchev–Trinajstić information content (AvgIpc) is 3.17. The molecule has 1 fully saturated rings. The smallest absolute Gasteiger partial charge is 0.187 e. The lowest BCUT2D eigenvalue weighted by Gasteiger charge is -2.46. The van der Waals surface area contributed by atoms with Crippen LogP contribution in [0.1, 0.15) is 27.8 Å². The fraction of sp³-hybridized carbons (Fsp3) is 0.286. The van der Waals surface area contributed by atoms with E-state index in [1.807, 2.05) is 115 Å². The van der Waals surface area contributed by atoms with E-state index in [2.05, 4.69) is 44.0 Å². The number of rotatable bonds is 17. The molecule has 1 heterocycles. The van der Waals surface area contributed by atoms with Crippen molar-refractivity contribution in [1.29, 1.82) is 0 Å². The van der Waals surface area contributed by atoms with E-state index in [0.29, 0.717) is 18.2 Å². The summed E-state index contributed by atoms with van der Waals surface area (Å²) in [5.41, 5.74) is 4.75. The third-order valence-corrected chi connectivity index (χ3v) is 10.00. The Labute approximate surface area is 327 Å². The molecule has 0 bridgehead atoms. The number of hydrogen-bond acceptors (Lipinski definition) is 7. The third-order valence-electron chi connectivity index (χ3n) is 8.51. The maximum atomic E-state index is 6.84. The van der Waals surface area contributed by atoms with Crippen molar-refractivity contribution in [3.8, 4) is 5.75 Å². The molecule has 6 rings (SSSR count). The first kappa shape index (κ1) is 38.5. The average molecular weight is 851 g/mol. The first-order chi connectivity index (χ1) is 25.4. The van der Waals surface area contributed by atoms with Crippen molar-refractivity contribution >= 4 is 43.5 Å². The van der Waals surface area contributed by atoms with E-state index in [4.69, 9.17) is 44.8 Å². The molecule has 1 saturated heterocycles. The van der Waals surface area contributed by atoms with Crippen LogP contribution in [0.25, 0.3) is 0 Å². The van der Waals surface area contributed by atoms with Crippen molar-refractivity contribution in [2.75, 3.05) is 13.7 Å². The van der Waals surface area contributed by atoms with Gasteiger partial charge in [-0.15, -0.1) is 0 Å². The number of ether oxygens (including phenoxy) is 7. The summed E-state index contributed by atoms with van der Waals surface area (Å²) >= 11 is 13.3. The van der Waals surface area contributed by atoms with Crippen LogP contribution < -0.4 is 4.74 Å². The molecule has 0 aliphatic carbocycles. The van der Waals surface area contributed by atoms with Crippen molar-refractivity contribution in [2.24, 2.45) is 0 Å². The molecule has 52 heavy (non-hydrogen) atoms. The molecule has 0 N–H and O–H groups in total. The summed E-state index contributed by atoms with van der Waals surface area (Å²) in [5.74, 6) is 0.764. The van der Waals surface area contributed by atoms with Gasteiger partial charge in [0.25, 0.3) is 0 Å². The predicted molar refractivity (Wildman–Crippen MR) is 206 cm³/mol. The zero-order valence-electron chi connectivity index (χ0n) is 28.6. The SMILES string of the molecule is COc1ccc(COC2[C@H](OCc3ccccc3)OC(COCc3c#cc(Br)cc3)[C@@H](OCc3ccc(Cl)cc3)[C@@H]2OCc2ccccc2Br)cc1. The van der Waals surface area contributed by atoms with Gasteiger partial charge in [0.05, 0.1) is 51.2 Å². The molecule has 5 aromatic rings. The summed E-state index contributed by atoms with van der Waals surface area (Å²) in [6.07, 6.45) is -3.34. The highest BCUT2D eigenvalue weighted by Gasteiger charge is 2.49. The molecule has 7 nitrogen and oxygen atoms in total. The van der Waals surface area contributed by atoms with E-state index < -0.39 is 30.7 Å². The molecule has 0 amide bonds. The molecule has 5 atom stereocenters. The first-order valence-electron chi connectivity index (χ1n) is 16.9. The maximum absolute atomic E-state index is 6.84. The zero-order chi connectivity index (χ0) is 36.1. The summed E-state index contributed by atoms with van der Waals surface area (Å²) in [6.45, 7) is 1.66. The van der Waals surface area contributed by atoms with Crippen molar-refractivity contribution < 1.29 is 33.2 Å². The van der Waals surface area contributed by atoms with Crippen molar-refractivity contribution in [2.45, 2.75) is 63.7 Å². The van der Waals surface area contributed by atoms with Crippen LogP contribution in [0, 0.1) is 12.1 Å². The van der Waals surface area contributed by atoms with Gasteiger partial charge in [0.1, 0.15) is 30.2 Å². The topological polar surface area (TPSA) is 64.6 Å². The molecule has 0 radical (unpaired) electrons. The molecule has 2 unspecified atom stereocenters. The first-order valence-corrected chi connectivity index (χ1v) is 18.8. The molecular formula is C42H39Br2ClO7. The van der Waals surface area contributed by atoms with Crippen LogP contribution in [0.4, 0.5) is 0 Å². The fourth-order valence-electron chi connectivity index (χ4n) is 5.72. The second-order valence-electron chi connectivity index (χ2n) is 12.2. The van der Waals surface area contributed by atoms with Crippen LogP contribution in [0.2, 0.25) is 5.02 Å². The van der Waals surface area contributed by atoms with Crippen LogP contribution in [0.15, 0.2) is 124 Å². The van der Waals surface area contributed by atoms with E-state index in [9.17, 15) is 0 Å². The van der Waals surface area contributed by atoms with Gasteiger partial charge in [-0.1, -0.05) is 112 Å². The van der Waals surface area contributed by atoms with Crippen LogP contribution in [0.3, 0.4) is 0 Å². The van der Waals surface area contributed by atoms with Crippen molar-refractivity contribution in [3.63, 3.8) is 0 Å². The van der Waals surface area contributed by atoms with E-state index in [-0.39, 0.29) is 26.4 Å². The number of halogens is 3. The minimum atomic E-state index is -0.820. The Kier molecular flexibility index (Phi) is 14.6. The Balaban J connectivity index is 1.31. The van der Waals surface area contributed by atoms with Crippen LogP contribution in [0.5, 0.6) is 5.75 Å². The fourth-order valence-corrected chi connectivity index (χ4v) is 6.48. The molecule has 0 spiro atoms. The molecular weight excluding hydrogens is 812 g/mol. The molecule has 0 aromatic heterocycles. The third kappa shape index (κ3) is 11.1. The lowest BCUT2D eigenvalue weighted by molar-refractivity contribution is -0.330. The highest BCUT2D eigenvalue weighted by Crippen LogP contribution is 2.33. The summed E-state index contributed by atoms with van der Waals surface area (Å²) < 4.78 is 47.0. The van der Waals surface area contributed by atoms with Gasteiger partial charge >= 0.3 is 0 Å². The zero-order valence-corrected chi connectivity index (χ0v) is 32.5. The second kappa shape index (κ2) is 19.7. The molecule has 1 aliphatic heterocycles. The summed E-state index contributed by atoms with van der Waals surface area (Å²) in [6, 6.07) is 43.3. The predicted octanol–water partition coefficient (Wildman–Crippen LogP) is 9.69. The molecule has 5 aromatic carbocycles. The van der Waals surface area contributed by atoms with Gasteiger partial charge in [-0.3, -0.25) is 0 Å². The molecule has 270 valence electrons.